The standard InChI is InChI=1S/C56H72N12O4S/c1-38-49(73-37-59-38)40-22-20-39(21-23-40)34-57-52(71)47-33-45(69)36-67(47)53(72)50(56(2,3)4)63-48(70)19-11-6-5-7-14-28-65-29-31-66(32-30-65)43-26-24-42(25-27-43)60-54-58-35-46-51(64-54)68(44-17-12-13-18-44)55(62-46)61-41-15-9-8-10-16-41/h8-10,15-16,20-27,35,37,44-45,47,50,69H,5-7,11-14,17-19,28-34,36H2,1-4H3,(H,57,71)(H,61,62)(H,63,70)(H,58,60,64). The zero-order valence-electron chi connectivity index (χ0n) is 42.9. The lowest BCUT2D eigenvalue weighted by molar-refractivity contribution is -0.144. The predicted octanol–water partition coefficient (Wildman–Crippen LogP) is 9.13. The van der Waals surface area contributed by atoms with Crippen molar-refractivity contribution in [3.05, 3.63) is 102 Å². The van der Waals surface area contributed by atoms with E-state index in [0.717, 1.165) is 128 Å². The Bertz CT molecular complexity index is 2780. The van der Waals surface area contributed by atoms with Crippen LogP contribution in [-0.2, 0) is 20.9 Å². The molecule has 0 spiro atoms. The Hall–Kier alpha value is -6.43. The van der Waals surface area contributed by atoms with Gasteiger partial charge >= 0.3 is 0 Å². The van der Waals surface area contributed by atoms with Crippen molar-refractivity contribution in [1.29, 1.82) is 0 Å². The van der Waals surface area contributed by atoms with Crippen molar-refractivity contribution in [2.75, 3.05) is 54.8 Å². The molecule has 3 amide bonds. The van der Waals surface area contributed by atoms with Crippen molar-refractivity contribution in [1.82, 2.24) is 44.9 Å². The largest absolute Gasteiger partial charge is 0.391 e. The Morgan fingerprint density at radius 2 is 1.53 bits per heavy atom. The Balaban J connectivity index is 0.669. The molecule has 16 nitrogen and oxygen atoms in total. The lowest BCUT2D eigenvalue weighted by Gasteiger charge is -2.36. The Morgan fingerprint density at radius 1 is 0.822 bits per heavy atom. The van der Waals surface area contributed by atoms with E-state index in [0.29, 0.717) is 25.0 Å². The highest BCUT2D eigenvalue weighted by Crippen LogP contribution is 2.36. The van der Waals surface area contributed by atoms with Crippen molar-refractivity contribution < 1.29 is 19.5 Å². The second-order valence-electron chi connectivity index (χ2n) is 21.1. The molecular weight excluding hydrogens is 937 g/mol. The summed E-state index contributed by atoms with van der Waals surface area (Å²) in [5, 5.41) is 23.6. The van der Waals surface area contributed by atoms with E-state index in [4.69, 9.17) is 9.97 Å². The minimum absolute atomic E-state index is 0.0454. The number of hydrogen-bond donors (Lipinski definition) is 5. The van der Waals surface area contributed by atoms with Crippen LogP contribution >= 0.6 is 11.3 Å². The number of imidazole rings is 1. The second-order valence-corrected chi connectivity index (χ2v) is 22.0. The van der Waals surface area contributed by atoms with Crippen LogP contribution in [0, 0.1) is 12.3 Å². The van der Waals surface area contributed by atoms with Gasteiger partial charge in [-0.2, -0.15) is 4.98 Å². The van der Waals surface area contributed by atoms with Gasteiger partial charge in [0.05, 0.1) is 28.4 Å². The Morgan fingerprint density at radius 3 is 2.25 bits per heavy atom. The first kappa shape index (κ1) is 51.5. The third kappa shape index (κ3) is 13.0. The smallest absolute Gasteiger partial charge is 0.246 e. The molecule has 386 valence electrons. The van der Waals surface area contributed by atoms with Crippen molar-refractivity contribution in [3.63, 3.8) is 0 Å². The number of likely N-dealkylation sites (tertiary alicyclic amines) is 1. The van der Waals surface area contributed by atoms with Gasteiger partial charge in [0.15, 0.2) is 5.65 Å². The molecule has 1 saturated carbocycles. The first-order valence-corrected chi connectivity index (χ1v) is 27.2. The number of anilines is 5. The summed E-state index contributed by atoms with van der Waals surface area (Å²) in [6.45, 7) is 13.1. The minimum Gasteiger partial charge on any atom is -0.391 e. The zero-order chi connectivity index (χ0) is 50.9. The number of piperazine rings is 1. The van der Waals surface area contributed by atoms with E-state index in [-0.39, 0.29) is 30.7 Å². The number of hydrogen-bond acceptors (Lipinski definition) is 13. The number of β-amino-alcohol motifs (C(OH)–C–C–N with tert-alkyl or cyclic N) is 1. The minimum atomic E-state index is -0.835. The van der Waals surface area contributed by atoms with E-state index in [2.05, 4.69) is 69.9 Å². The van der Waals surface area contributed by atoms with Crippen LogP contribution in [0.25, 0.3) is 21.6 Å². The molecule has 1 aliphatic carbocycles. The molecule has 2 aliphatic heterocycles. The third-order valence-electron chi connectivity index (χ3n) is 14.6. The third-order valence-corrected chi connectivity index (χ3v) is 15.6. The number of nitrogens with one attached hydrogen (secondary N) is 4. The lowest BCUT2D eigenvalue weighted by atomic mass is 9.85. The highest BCUT2D eigenvalue weighted by molar-refractivity contribution is 7.13. The number of fused-ring (bicyclic) bond motifs is 1. The molecule has 0 bridgehead atoms. The molecule has 5 N–H and O–H groups in total. The summed E-state index contributed by atoms with van der Waals surface area (Å²) in [5.74, 6) is 0.527. The molecule has 3 unspecified atom stereocenters. The molecule has 3 aliphatic rings. The van der Waals surface area contributed by atoms with Gasteiger partial charge in [0, 0.05) is 75.2 Å². The van der Waals surface area contributed by atoms with Crippen LogP contribution in [0.4, 0.5) is 29.0 Å². The van der Waals surface area contributed by atoms with Gasteiger partial charge in [-0.1, -0.05) is 95.3 Å². The monoisotopic (exact) mass is 1010 g/mol. The van der Waals surface area contributed by atoms with Crippen molar-refractivity contribution in [2.45, 2.75) is 129 Å². The number of nitrogens with zero attached hydrogens (tertiary/aromatic N) is 8. The number of rotatable bonds is 20. The van der Waals surface area contributed by atoms with Gasteiger partial charge in [0.25, 0.3) is 0 Å². The number of aromatic nitrogens is 5. The maximum atomic E-state index is 14.1. The second kappa shape index (κ2) is 23.6. The normalized spacial score (nSPS) is 18.0. The first-order chi connectivity index (χ1) is 35.4. The SMILES string of the molecule is Cc1ncsc1-c1ccc(CNC(=O)C2CC(O)CN2C(=O)C(NC(=O)CCCCCCCN2CCN(c3ccc(Nc4ncc5nc(Nc6ccccc6)n(C6CCCC6)c5n4)cc3)CC2)C(C)(C)C)cc1. The van der Waals surface area contributed by atoms with Crippen LogP contribution in [0.5, 0.6) is 0 Å². The summed E-state index contributed by atoms with van der Waals surface area (Å²) in [6, 6.07) is 25.4. The van der Waals surface area contributed by atoms with Crippen LogP contribution in [0.2, 0.25) is 0 Å². The fourth-order valence-electron chi connectivity index (χ4n) is 10.5. The molecule has 3 atom stereocenters. The summed E-state index contributed by atoms with van der Waals surface area (Å²) in [7, 11) is 0. The Labute approximate surface area is 433 Å². The Kier molecular flexibility index (Phi) is 16.7. The van der Waals surface area contributed by atoms with Gasteiger partial charge in [-0.3, -0.25) is 23.9 Å². The zero-order valence-corrected chi connectivity index (χ0v) is 43.7. The van der Waals surface area contributed by atoms with Gasteiger partial charge in [0.1, 0.15) is 17.6 Å². The van der Waals surface area contributed by atoms with Crippen LogP contribution in [0.1, 0.15) is 109 Å². The van der Waals surface area contributed by atoms with E-state index < -0.39 is 23.6 Å². The number of aliphatic hydroxyl groups excluding tert-OH is 1. The number of carbonyl (C=O) groups is 3. The molecule has 9 rings (SSSR count). The summed E-state index contributed by atoms with van der Waals surface area (Å²) >= 11 is 1.59. The summed E-state index contributed by atoms with van der Waals surface area (Å²) in [5.41, 5.74) is 8.97. The number of benzene rings is 3. The average Bonchev–Trinajstić information content (AvgIpc) is 4.22. The van der Waals surface area contributed by atoms with Crippen LogP contribution in [0.15, 0.2) is 90.6 Å². The molecule has 5 heterocycles. The van der Waals surface area contributed by atoms with Crippen molar-refractivity contribution >= 4 is 69.2 Å². The molecule has 73 heavy (non-hydrogen) atoms. The van der Waals surface area contributed by atoms with Crippen LogP contribution < -0.4 is 26.2 Å². The first-order valence-electron chi connectivity index (χ1n) is 26.3. The number of aryl methyl sites for hydroxylation is 1. The van der Waals surface area contributed by atoms with Gasteiger partial charge in [-0.15, -0.1) is 11.3 Å². The number of thiazole rings is 1. The van der Waals surface area contributed by atoms with E-state index >= 15 is 0 Å². The molecule has 3 aromatic heterocycles. The fourth-order valence-corrected chi connectivity index (χ4v) is 11.3. The average molecular weight is 1010 g/mol. The van der Waals surface area contributed by atoms with E-state index in [9.17, 15) is 19.5 Å². The summed E-state index contributed by atoms with van der Waals surface area (Å²) in [6.07, 6.45) is 11.0. The highest BCUT2D eigenvalue weighted by Gasteiger charge is 2.44. The van der Waals surface area contributed by atoms with Crippen LogP contribution in [0.3, 0.4) is 0 Å². The molecule has 0 radical (unpaired) electrons. The van der Waals surface area contributed by atoms with E-state index in [1.54, 1.807) is 11.3 Å². The number of aliphatic hydroxyl groups is 1. The van der Waals surface area contributed by atoms with Gasteiger partial charge in [-0.25, -0.2) is 15.0 Å². The molecule has 17 heteroatoms. The molecule has 3 fully saturated rings. The van der Waals surface area contributed by atoms with E-state index in [1.165, 1.54) is 23.4 Å². The number of amides is 3. The molecule has 2 saturated heterocycles. The maximum Gasteiger partial charge on any atom is 0.246 e. The highest BCUT2D eigenvalue weighted by atomic mass is 32.1. The van der Waals surface area contributed by atoms with E-state index in [1.807, 2.05) is 94.0 Å². The van der Waals surface area contributed by atoms with Gasteiger partial charge in [-0.05, 0) is 92.1 Å². The fraction of sp³-hybridized carbons (Fsp3) is 0.482. The number of carbonyl (C=O) groups excluding carboxylic acids is 3. The maximum absolute atomic E-state index is 14.1. The molecular formula is C56H72N12O4S. The topological polar surface area (TPSA) is 186 Å². The van der Waals surface area contributed by atoms with Crippen molar-refractivity contribution in [3.8, 4) is 10.4 Å². The summed E-state index contributed by atoms with van der Waals surface area (Å²) < 4.78 is 2.27. The quantitative estimate of drug-likeness (QED) is 0.0458. The van der Waals surface area contributed by atoms with Crippen molar-refractivity contribution in [2.24, 2.45) is 5.41 Å². The lowest BCUT2D eigenvalue weighted by Crippen LogP contribution is -2.57. The number of para-hydroxylation sites is 1. The number of unbranched alkanes of at least 4 members (excludes halogenated alkanes) is 4. The molecule has 6 aromatic rings. The van der Waals surface area contributed by atoms with Crippen LogP contribution in [-0.4, -0.2) is 115 Å². The van der Waals surface area contributed by atoms with Gasteiger partial charge in [0.2, 0.25) is 29.6 Å². The predicted molar refractivity (Wildman–Crippen MR) is 290 cm³/mol. The summed E-state index contributed by atoms with van der Waals surface area (Å²) in [4.78, 5) is 67.3. The van der Waals surface area contributed by atoms with Gasteiger partial charge < -0.3 is 36.2 Å². The molecule has 3 aromatic carbocycles.